The van der Waals surface area contributed by atoms with E-state index in [9.17, 15) is 0 Å². The van der Waals surface area contributed by atoms with Crippen LogP contribution in [-0.4, -0.2) is 9.97 Å². The Labute approximate surface area is 105 Å². The van der Waals surface area contributed by atoms with Crippen molar-refractivity contribution in [2.45, 2.75) is 6.54 Å². The molecule has 90 valence electrons. The average molecular weight is 239 g/mol. The molecule has 1 aromatic carbocycles. The number of nitrogens with zero attached hydrogens (tertiary/aromatic N) is 1. The Kier molecular flexibility index (Phi) is 2.84. The normalized spacial score (nSPS) is 10.4. The second-order valence-electron chi connectivity index (χ2n) is 3.98. The van der Waals surface area contributed by atoms with Crippen LogP contribution in [-0.2, 0) is 6.54 Å². The number of H-pyrrole nitrogens is 1. The van der Waals surface area contributed by atoms with Crippen LogP contribution in [0, 0.1) is 0 Å². The summed E-state index contributed by atoms with van der Waals surface area (Å²) in [5.74, 6) is 1.64. The molecule has 3 aromatic rings. The highest BCUT2D eigenvalue weighted by atomic mass is 16.3. The van der Waals surface area contributed by atoms with Gasteiger partial charge in [0.1, 0.15) is 5.76 Å². The number of aromatic amines is 1. The summed E-state index contributed by atoms with van der Waals surface area (Å²) >= 11 is 0. The zero-order chi connectivity index (χ0) is 12.2. The number of aromatic nitrogens is 2. The van der Waals surface area contributed by atoms with Crippen molar-refractivity contribution in [3.8, 4) is 11.3 Å². The molecular weight excluding hydrogens is 226 g/mol. The second kappa shape index (κ2) is 4.79. The summed E-state index contributed by atoms with van der Waals surface area (Å²) in [5.41, 5.74) is 2.17. The fraction of sp³-hybridized carbons (Fsp3) is 0.0714. The first-order valence-electron chi connectivity index (χ1n) is 5.78. The Morgan fingerprint density at radius 2 is 2.11 bits per heavy atom. The molecule has 2 aromatic heterocycles. The van der Waals surface area contributed by atoms with Crippen molar-refractivity contribution in [3.63, 3.8) is 0 Å². The molecular formula is C14H13N3O. The minimum atomic E-state index is 0.684. The van der Waals surface area contributed by atoms with E-state index >= 15 is 0 Å². The predicted molar refractivity (Wildman–Crippen MR) is 70.1 cm³/mol. The Morgan fingerprint density at radius 3 is 2.89 bits per heavy atom. The maximum absolute atomic E-state index is 5.55. The number of rotatable bonds is 4. The Hall–Kier alpha value is -2.49. The minimum absolute atomic E-state index is 0.684. The van der Waals surface area contributed by atoms with E-state index in [1.807, 2.05) is 36.4 Å². The molecule has 0 radical (unpaired) electrons. The van der Waals surface area contributed by atoms with Crippen LogP contribution in [0.25, 0.3) is 11.3 Å². The van der Waals surface area contributed by atoms with Gasteiger partial charge in [0.15, 0.2) is 5.95 Å². The van der Waals surface area contributed by atoms with E-state index in [4.69, 9.17) is 4.42 Å². The molecule has 2 N–H and O–H groups in total. The zero-order valence-corrected chi connectivity index (χ0v) is 9.76. The number of nitrogens with one attached hydrogen (secondary N) is 2. The lowest BCUT2D eigenvalue weighted by atomic mass is 10.1. The summed E-state index contributed by atoms with van der Waals surface area (Å²) in [4.78, 5) is 7.09. The Bertz CT molecular complexity index is 599. The summed E-state index contributed by atoms with van der Waals surface area (Å²) in [7, 11) is 0. The van der Waals surface area contributed by atoms with E-state index in [-0.39, 0.29) is 0 Å². The van der Waals surface area contributed by atoms with E-state index in [0.29, 0.717) is 6.54 Å². The fourth-order valence-electron chi connectivity index (χ4n) is 1.77. The van der Waals surface area contributed by atoms with E-state index in [2.05, 4.69) is 15.3 Å². The standard InChI is InChI=1S/C14H13N3O/c1-2-4-12(5-3-1)13-8-11(10-18-13)9-17-14-15-6-7-16-14/h1-8,10H,9H2,(H2,15,16,17). The van der Waals surface area contributed by atoms with Gasteiger partial charge in [-0.1, -0.05) is 30.3 Å². The van der Waals surface area contributed by atoms with Gasteiger partial charge in [0.05, 0.1) is 6.26 Å². The number of anilines is 1. The Morgan fingerprint density at radius 1 is 1.22 bits per heavy atom. The van der Waals surface area contributed by atoms with Gasteiger partial charge in [-0.05, 0) is 6.07 Å². The third-order valence-corrected chi connectivity index (χ3v) is 2.67. The molecule has 0 bridgehead atoms. The van der Waals surface area contributed by atoms with E-state index in [1.54, 1.807) is 18.7 Å². The van der Waals surface area contributed by atoms with Gasteiger partial charge in [0.2, 0.25) is 0 Å². The summed E-state index contributed by atoms with van der Waals surface area (Å²) in [6.45, 7) is 0.684. The molecule has 0 spiro atoms. The molecule has 0 saturated carbocycles. The molecule has 4 heteroatoms. The molecule has 0 amide bonds. The maximum Gasteiger partial charge on any atom is 0.200 e. The molecule has 0 unspecified atom stereocenters. The molecule has 2 heterocycles. The van der Waals surface area contributed by atoms with Gasteiger partial charge in [-0.25, -0.2) is 4.98 Å². The lowest BCUT2D eigenvalue weighted by Gasteiger charge is -1.98. The van der Waals surface area contributed by atoms with E-state index < -0.39 is 0 Å². The summed E-state index contributed by atoms with van der Waals surface area (Å²) in [6, 6.07) is 12.1. The summed E-state index contributed by atoms with van der Waals surface area (Å²) in [6.07, 6.45) is 5.26. The van der Waals surface area contributed by atoms with Crippen molar-refractivity contribution >= 4 is 5.95 Å². The molecule has 3 rings (SSSR count). The largest absolute Gasteiger partial charge is 0.464 e. The van der Waals surface area contributed by atoms with Crippen LogP contribution in [0.3, 0.4) is 0 Å². The third kappa shape index (κ3) is 2.27. The molecule has 4 nitrogen and oxygen atoms in total. The molecule has 0 fully saturated rings. The predicted octanol–water partition coefficient (Wildman–Crippen LogP) is 3.28. The van der Waals surface area contributed by atoms with Crippen molar-refractivity contribution in [1.82, 2.24) is 9.97 Å². The first kappa shape index (κ1) is 10.7. The van der Waals surface area contributed by atoms with Crippen molar-refractivity contribution in [3.05, 3.63) is 60.6 Å². The van der Waals surface area contributed by atoms with Crippen molar-refractivity contribution < 1.29 is 4.42 Å². The van der Waals surface area contributed by atoms with Gasteiger partial charge in [-0.3, -0.25) is 0 Å². The number of hydrogen-bond acceptors (Lipinski definition) is 3. The highest BCUT2D eigenvalue weighted by Gasteiger charge is 2.04. The molecule has 0 saturated heterocycles. The van der Waals surface area contributed by atoms with Crippen LogP contribution >= 0.6 is 0 Å². The summed E-state index contributed by atoms with van der Waals surface area (Å²) in [5, 5.41) is 3.18. The topological polar surface area (TPSA) is 53.9 Å². The van der Waals surface area contributed by atoms with Gasteiger partial charge in [-0.2, -0.15) is 0 Å². The van der Waals surface area contributed by atoms with Crippen LogP contribution in [0.5, 0.6) is 0 Å². The number of benzene rings is 1. The molecule has 0 aliphatic rings. The first-order chi connectivity index (χ1) is 8.92. The lowest BCUT2D eigenvalue weighted by Crippen LogP contribution is -1.99. The van der Waals surface area contributed by atoms with E-state index in [1.165, 1.54) is 0 Å². The van der Waals surface area contributed by atoms with Crippen LogP contribution in [0.1, 0.15) is 5.56 Å². The number of furan rings is 1. The smallest absolute Gasteiger partial charge is 0.200 e. The molecule has 0 aliphatic carbocycles. The van der Waals surface area contributed by atoms with Gasteiger partial charge in [0, 0.05) is 30.1 Å². The maximum atomic E-state index is 5.55. The number of hydrogen-bond donors (Lipinski definition) is 2. The molecule has 0 aliphatic heterocycles. The van der Waals surface area contributed by atoms with Gasteiger partial charge in [-0.15, -0.1) is 0 Å². The molecule has 0 atom stereocenters. The quantitative estimate of drug-likeness (QED) is 0.734. The Balaban J connectivity index is 1.70. The summed E-state index contributed by atoms with van der Waals surface area (Å²) < 4.78 is 5.55. The van der Waals surface area contributed by atoms with Crippen LogP contribution < -0.4 is 5.32 Å². The average Bonchev–Trinajstić information content (AvgIpc) is 3.09. The monoisotopic (exact) mass is 239 g/mol. The highest BCUT2D eigenvalue weighted by Crippen LogP contribution is 2.21. The van der Waals surface area contributed by atoms with Gasteiger partial charge < -0.3 is 14.7 Å². The lowest BCUT2D eigenvalue weighted by molar-refractivity contribution is 0.579. The first-order valence-corrected chi connectivity index (χ1v) is 5.78. The van der Waals surface area contributed by atoms with Gasteiger partial charge >= 0.3 is 0 Å². The highest BCUT2D eigenvalue weighted by molar-refractivity contribution is 5.57. The SMILES string of the molecule is c1ccc(-c2cc(CNc3ncc[nH]3)co2)cc1. The second-order valence-corrected chi connectivity index (χ2v) is 3.98. The molecule has 18 heavy (non-hydrogen) atoms. The van der Waals surface area contributed by atoms with E-state index in [0.717, 1.165) is 22.8 Å². The van der Waals surface area contributed by atoms with Gasteiger partial charge in [0.25, 0.3) is 0 Å². The zero-order valence-electron chi connectivity index (χ0n) is 9.76. The minimum Gasteiger partial charge on any atom is -0.464 e. The van der Waals surface area contributed by atoms with Crippen molar-refractivity contribution in [2.75, 3.05) is 5.32 Å². The van der Waals surface area contributed by atoms with Crippen LogP contribution in [0.15, 0.2) is 59.5 Å². The number of imidazole rings is 1. The van der Waals surface area contributed by atoms with Crippen molar-refractivity contribution in [1.29, 1.82) is 0 Å². The van der Waals surface area contributed by atoms with Crippen LogP contribution in [0.2, 0.25) is 0 Å². The van der Waals surface area contributed by atoms with Crippen molar-refractivity contribution in [2.24, 2.45) is 0 Å². The third-order valence-electron chi connectivity index (χ3n) is 2.67. The fourth-order valence-corrected chi connectivity index (χ4v) is 1.77. The van der Waals surface area contributed by atoms with Crippen LogP contribution in [0.4, 0.5) is 5.95 Å².